The number of rotatable bonds is 3. The summed E-state index contributed by atoms with van der Waals surface area (Å²) in [6.45, 7) is 4.77. The summed E-state index contributed by atoms with van der Waals surface area (Å²) in [7, 11) is 0. The van der Waals surface area contributed by atoms with E-state index in [9.17, 15) is 0 Å². The quantitative estimate of drug-likeness (QED) is 0.818. The minimum atomic E-state index is 0.585. The van der Waals surface area contributed by atoms with Gasteiger partial charge in [-0.3, -0.25) is 5.10 Å². The van der Waals surface area contributed by atoms with E-state index in [0.717, 1.165) is 23.6 Å². The van der Waals surface area contributed by atoms with Crippen molar-refractivity contribution in [2.24, 2.45) is 5.73 Å². The first kappa shape index (κ1) is 10.8. The molecule has 0 fully saturated rings. The normalized spacial score (nSPS) is 10.7. The van der Waals surface area contributed by atoms with Gasteiger partial charge in [0.15, 0.2) is 5.82 Å². The van der Waals surface area contributed by atoms with E-state index in [0.29, 0.717) is 6.54 Å². The average Bonchev–Trinajstić information content (AvgIpc) is 2.71. The first-order chi connectivity index (χ1) is 7.70. The lowest BCUT2D eigenvalue weighted by atomic mass is 10.1. The smallest absolute Gasteiger partial charge is 0.181 e. The second-order valence-electron chi connectivity index (χ2n) is 3.94. The number of nitrogens with zero attached hydrogens (tertiary/aromatic N) is 2. The maximum absolute atomic E-state index is 5.46. The first-order valence-electron chi connectivity index (χ1n) is 5.39. The third-order valence-corrected chi connectivity index (χ3v) is 2.68. The number of benzene rings is 1. The van der Waals surface area contributed by atoms with Crippen LogP contribution in [-0.2, 0) is 6.42 Å². The molecule has 0 aliphatic carbocycles. The van der Waals surface area contributed by atoms with Gasteiger partial charge in [-0.25, -0.2) is 4.98 Å². The van der Waals surface area contributed by atoms with Crippen molar-refractivity contribution >= 4 is 0 Å². The van der Waals surface area contributed by atoms with Crippen LogP contribution in [0.3, 0.4) is 0 Å². The van der Waals surface area contributed by atoms with Crippen LogP contribution in [0.25, 0.3) is 11.4 Å². The molecule has 0 amide bonds. The van der Waals surface area contributed by atoms with E-state index in [-0.39, 0.29) is 0 Å². The summed E-state index contributed by atoms with van der Waals surface area (Å²) in [5.41, 5.74) is 9.04. The molecule has 0 aliphatic rings. The fourth-order valence-electron chi connectivity index (χ4n) is 1.55. The van der Waals surface area contributed by atoms with Gasteiger partial charge in [-0.2, -0.15) is 5.10 Å². The third-order valence-electron chi connectivity index (χ3n) is 2.68. The molecule has 2 rings (SSSR count). The predicted octanol–water partition coefficient (Wildman–Crippen LogP) is 1.59. The first-order valence-corrected chi connectivity index (χ1v) is 5.39. The van der Waals surface area contributed by atoms with E-state index < -0.39 is 0 Å². The van der Waals surface area contributed by atoms with Crippen molar-refractivity contribution in [1.82, 2.24) is 15.2 Å². The number of nitrogens with two attached hydrogens (primary N) is 1. The second kappa shape index (κ2) is 4.45. The molecule has 0 bridgehead atoms. The maximum atomic E-state index is 5.46. The topological polar surface area (TPSA) is 67.6 Å². The molecule has 2 aromatic rings. The number of aromatic amines is 1. The standard InChI is InChI=1S/C12H16N4/c1-8-3-4-10(7-9(8)2)12-14-11(5-6-13)15-16-12/h3-4,7H,5-6,13H2,1-2H3,(H,14,15,16). The van der Waals surface area contributed by atoms with Gasteiger partial charge in [0, 0.05) is 12.0 Å². The zero-order valence-corrected chi connectivity index (χ0v) is 9.62. The Hall–Kier alpha value is -1.68. The van der Waals surface area contributed by atoms with Crippen molar-refractivity contribution in [2.75, 3.05) is 6.54 Å². The molecule has 0 saturated carbocycles. The van der Waals surface area contributed by atoms with E-state index in [1.54, 1.807) is 0 Å². The van der Waals surface area contributed by atoms with E-state index in [1.807, 2.05) is 6.07 Å². The lowest BCUT2D eigenvalue weighted by molar-refractivity contribution is 0.874. The number of hydrogen-bond donors (Lipinski definition) is 2. The van der Waals surface area contributed by atoms with Gasteiger partial charge in [0.1, 0.15) is 5.82 Å². The zero-order chi connectivity index (χ0) is 11.5. The number of hydrogen-bond acceptors (Lipinski definition) is 3. The van der Waals surface area contributed by atoms with E-state index in [4.69, 9.17) is 5.73 Å². The Morgan fingerprint density at radius 1 is 1.25 bits per heavy atom. The van der Waals surface area contributed by atoms with E-state index in [2.05, 4.69) is 41.2 Å². The van der Waals surface area contributed by atoms with Crippen LogP contribution < -0.4 is 5.73 Å². The number of nitrogens with one attached hydrogen (secondary N) is 1. The third kappa shape index (κ3) is 2.12. The highest BCUT2D eigenvalue weighted by atomic mass is 15.2. The Labute approximate surface area is 94.9 Å². The molecule has 84 valence electrons. The summed E-state index contributed by atoms with van der Waals surface area (Å²) in [5, 5.41) is 7.08. The summed E-state index contributed by atoms with van der Waals surface area (Å²) >= 11 is 0. The Kier molecular flexibility index (Phi) is 3.01. The number of aryl methyl sites for hydroxylation is 2. The Balaban J connectivity index is 2.31. The van der Waals surface area contributed by atoms with Gasteiger partial charge >= 0.3 is 0 Å². The number of H-pyrrole nitrogens is 1. The monoisotopic (exact) mass is 216 g/mol. The van der Waals surface area contributed by atoms with Crippen molar-refractivity contribution < 1.29 is 0 Å². The summed E-state index contributed by atoms with van der Waals surface area (Å²) in [4.78, 5) is 4.39. The van der Waals surface area contributed by atoms with Gasteiger partial charge < -0.3 is 5.73 Å². The molecule has 0 spiro atoms. The van der Waals surface area contributed by atoms with Crippen LogP contribution in [0.4, 0.5) is 0 Å². The lowest BCUT2D eigenvalue weighted by Gasteiger charge is -2.01. The van der Waals surface area contributed by atoms with Crippen LogP contribution in [-0.4, -0.2) is 21.7 Å². The molecule has 1 heterocycles. The molecule has 0 radical (unpaired) electrons. The van der Waals surface area contributed by atoms with Crippen LogP contribution in [0, 0.1) is 13.8 Å². The van der Waals surface area contributed by atoms with Gasteiger partial charge in [-0.05, 0) is 37.6 Å². The van der Waals surface area contributed by atoms with Crippen LogP contribution in [0.2, 0.25) is 0 Å². The van der Waals surface area contributed by atoms with Gasteiger partial charge in [0.05, 0.1) is 0 Å². The van der Waals surface area contributed by atoms with Crippen LogP contribution in [0.5, 0.6) is 0 Å². The SMILES string of the molecule is Cc1ccc(-c2n[nH]c(CCN)n2)cc1C. The molecule has 0 aliphatic heterocycles. The average molecular weight is 216 g/mol. The molecule has 16 heavy (non-hydrogen) atoms. The predicted molar refractivity (Wildman–Crippen MR) is 64.1 cm³/mol. The summed E-state index contributed by atoms with van der Waals surface area (Å²) in [6, 6.07) is 6.23. The Morgan fingerprint density at radius 3 is 2.75 bits per heavy atom. The highest BCUT2D eigenvalue weighted by Gasteiger charge is 2.06. The van der Waals surface area contributed by atoms with Crippen molar-refractivity contribution in [3.05, 3.63) is 35.2 Å². The van der Waals surface area contributed by atoms with Crippen molar-refractivity contribution in [3.63, 3.8) is 0 Å². The van der Waals surface area contributed by atoms with Crippen LogP contribution in [0.1, 0.15) is 17.0 Å². The Bertz CT molecular complexity index is 488. The van der Waals surface area contributed by atoms with Gasteiger partial charge in [0.2, 0.25) is 0 Å². The Morgan fingerprint density at radius 2 is 2.06 bits per heavy atom. The van der Waals surface area contributed by atoms with Crippen LogP contribution >= 0.6 is 0 Å². The second-order valence-corrected chi connectivity index (χ2v) is 3.94. The molecule has 1 aromatic carbocycles. The number of aromatic nitrogens is 3. The van der Waals surface area contributed by atoms with Gasteiger partial charge in [-0.1, -0.05) is 12.1 Å². The van der Waals surface area contributed by atoms with E-state index >= 15 is 0 Å². The largest absolute Gasteiger partial charge is 0.330 e. The molecular weight excluding hydrogens is 200 g/mol. The van der Waals surface area contributed by atoms with Crippen molar-refractivity contribution in [3.8, 4) is 11.4 Å². The lowest BCUT2D eigenvalue weighted by Crippen LogP contribution is -2.03. The molecule has 4 nitrogen and oxygen atoms in total. The maximum Gasteiger partial charge on any atom is 0.181 e. The fourth-order valence-corrected chi connectivity index (χ4v) is 1.55. The fraction of sp³-hybridized carbons (Fsp3) is 0.333. The summed E-state index contributed by atoms with van der Waals surface area (Å²) in [6.07, 6.45) is 0.734. The molecule has 0 saturated heterocycles. The van der Waals surface area contributed by atoms with Crippen molar-refractivity contribution in [2.45, 2.75) is 20.3 Å². The molecule has 4 heteroatoms. The highest BCUT2D eigenvalue weighted by molar-refractivity contribution is 5.56. The van der Waals surface area contributed by atoms with Gasteiger partial charge in [0.25, 0.3) is 0 Å². The van der Waals surface area contributed by atoms with Crippen LogP contribution in [0.15, 0.2) is 18.2 Å². The molecule has 1 aromatic heterocycles. The molecular formula is C12H16N4. The zero-order valence-electron chi connectivity index (χ0n) is 9.62. The minimum Gasteiger partial charge on any atom is -0.330 e. The summed E-state index contributed by atoms with van der Waals surface area (Å²) in [5.74, 6) is 1.59. The van der Waals surface area contributed by atoms with E-state index in [1.165, 1.54) is 11.1 Å². The molecule has 0 unspecified atom stereocenters. The molecule has 0 atom stereocenters. The van der Waals surface area contributed by atoms with Gasteiger partial charge in [-0.15, -0.1) is 0 Å². The summed E-state index contributed by atoms with van der Waals surface area (Å²) < 4.78 is 0. The highest BCUT2D eigenvalue weighted by Crippen LogP contribution is 2.18. The minimum absolute atomic E-state index is 0.585. The van der Waals surface area contributed by atoms with Crippen molar-refractivity contribution in [1.29, 1.82) is 0 Å². The molecule has 3 N–H and O–H groups in total.